The summed E-state index contributed by atoms with van der Waals surface area (Å²) in [6, 6.07) is 3.57. The lowest BCUT2D eigenvalue weighted by Gasteiger charge is -2.40. The van der Waals surface area contributed by atoms with Gasteiger partial charge in [0.2, 0.25) is 0 Å². The number of nitrogens with zero attached hydrogens (tertiary/aromatic N) is 2. The Bertz CT molecular complexity index is 242. The van der Waals surface area contributed by atoms with Gasteiger partial charge in [0.25, 0.3) is 0 Å². The molecule has 0 spiro atoms. The quantitative estimate of drug-likeness (QED) is 0.750. The van der Waals surface area contributed by atoms with E-state index in [4.69, 9.17) is 5.26 Å². The highest BCUT2D eigenvalue weighted by atomic mass is 15.2. The van der Waals surface area contributed by atoms with Crippen molar-refractivity contribution in [2.45, 2.75) is 57.2 Å². The first-order valence-electron chi connectivity index (χ1n) is 5.84. The van der Waals surface area contributed by atoms with Crippen molar-refractivity contribution in [1.82, 2.24) is 10.2 Å². The minimum absolute atomic E-state index is 0.391. The highest BCUT2D eigenvalue weighted by Gasteiger charge is 2.30. The van der Waals surface area contributed by atoms with Gasteiger partial charge in [-0.25, -0.2) is 0 Å². The summed E-state index contributed by atoms with van der Waals surface area (Å²) in [4.78, 5) is 2.43. The van der Waals surface area contributed by atoms with Crippen LogP contribution in [0.3, 0.4) is 0 Å². The SMILES string of the molecule is CNC(C)(C#N)CC(C)N(C)C1CCC1. The van der Waals surface area contributed by atoms with Gasteiger partial charge in [-0.2, -0.15) is 5.26 Å². The fourth-order valence-electron chi connectivity index (χ4n) is 2.09. The van der Waals surface area contributed by atoms with Gasteiger partial charge in [0, 0.05) is 12.1 Å². The number of nitrogens with one attached hydrogen (secondary N) is 1. The molecular weight excluding hydrogens is 186 g/mol. The van der Waals surface area contributed by atoms with Crippen molar-refractivity contribution in [2.24, 2.45) is 0 Å². The molecule has 0 aromatic heterocycles. The van der Waals surface area contributed by atoms with E-state index in [1.165, 1.54) is 19.3 Å². The highest BCUT2D eigenvalue weighted by Crippen LogP contribution is 2.27. The lowest BCUT2D eigenvalue weighted by atomic mass is 9.88. The minimum atomic E-state index is -0.391. The van der Waals surface area contributed by atoms with E-state index in [1.807, 2.05) is 14.0 Å². The molecule has 1 saturated carbocycles. The van der Waals surface area contributed by atoms with Crippen molar-refractivity contribution in [3.05, 3.63) is 0 Å². The molecule has 2 unspecified atom stereocenters. The van der Waals surface area contributed by atoms with Crippen LogP contribution >= 0.6 is 0 Å². The minimum Gasteiger partial charge on any atom is -0.303 e. The Hall–Kier alpha value is -0.590. The third kappa shape index (κ3) is 2.93. The average molecular weight is 209 g/mol. The van der Waals surface area contributed by atoms with Gasteiger partial charge in [-0.05, 0) is 47.2 Å². The second-order valence-corrected chi connectivity index (χ2v) is 5.00. The number of hydrogen-bond acceptors (Lipinski definition) is 3. The van der Waals surface area contributed by atoms with Crippen molar-refractivity contribution in [3.8, 4) is 6.07 Å². The first-order valence-corrected chi connectivity index (χ1v) is 5.84. The molecule has 0 bridgehead atoms. The Morgan fingerprint density at radius 1 is 1.60 bits per heavy atom. The molecule has 15 heavy (non-hydrogen) atoms. The number of hydrogen-bond donors (Lipinski definition) is 1. The summed E-state index contributed by atoms with van der Waals surface area (Å²) in [6.45, 7) is 4.18. The maximum absolute atomic E-state index is 9.09. The fourth-order valence-corrected chi connectivity index (χ4v) is 2.09. The van der Waals surface area contributed by atoms with Crippen LogP contribution in [0.1, 0.15) is 39.5 Å². The summed E-state index contributed by atoms with van der Waals surface area (Å²) in [5.41, 5.74) is -0.391. The molecule has 0 saturated heterocycles. The fraction of sp³-hybridized carbons (Fsp3) is 0.917. The molecule has 3 heteroatoms. The van der Waals surface area contributed by atoms with Crippen LogP contribution in [0.2, 0.25) is 0 Å². The topological polar surface area (TPSA) is 39.1 Å². The van der Waals surface area contributed by atoms with Crippen molar-refractivity contribution in [2.75, 3.05) is 14.1 Å². The Balaban J connectivity index is 2.46. The Labute approximate surface area is 93.5 Å². The molecule has 0 aromatic rings. The second kappa shape index (κ2) is 4.96. The summed E-state index contributed by atoms with van der Waals surface area (Å²) >= 11 is 0. The van der Waals surface area contributed by atoms with Gasteiger partial charge < -0.3 is 10.2 Å². The van der Waals surface area contributed by atoms with E-state index in [1.54, 1.807) is 0 Å². The highest BCUT2D eigenvalue weighted by molar-refractivity contribution is 5.04. The van der Waals surface area contributed by atoms with Crippen LogP contribution in [-0.4, -0.2) is 36.6 Å². The Morgan fingerprint density at radius 2 is 2.20 bits per heavy atom. The van der Waals surface area contributed by atoms with Gasteiger partial charge in [-0.1, -0.05) is 6.42 Å². The zero-order valence-electron chi connectivity index (χ0n) is 10.4. The molecule has 1 rings (SSSR count). The third-order valence-electron chi connectivity index (χ3n) is 3.85. The van der Waals surface area contributed by atoms with E-state index in [0.717, 1.165) is 12.5 Å². The van der Waals surface area contributed by atoms with E-state index in [9.17, 15) is 0 Å². The number of rotatable bonds is 5. The van der Waals surface area contributed by atoms with Crippen LogP contribution in [0.4, 0.5) is 0 Å². The van der Waals surface area contributed by atoms with Crippen LogP contribution in [0.15, 0.2) is 0 Å². The summed E-state index contributed by atoms with van der Waals surface area (Å²) in [5, 5.41) is 12.2. The maximum Gasteiger partial charge on any atom is 0.105 e. The summed E-state index contributed by atoms with van der Waals surface area (Å²) in [5.74, 6) is 0. The smallest absolute Gasteiger partial charge is 0.105 e. The predicted octanol–water partition coefficient (Wildman–Crippen LogP) is 1.75. The molecule has 0 aliphatic heterocycles. The largest absolute Gasteiger partial charge is 0.303 e. The van der Waals surface area contributed by atoms with E-state index in [2.05, 4.69) is 30.3 Å². The van der Waals surface area contributed by atoms with Gasteiger partial charge in [0.15, 0.2) is 0 Å². The van der Waals surface area contributed by atoms with E-state index in [-0.39, 0.29) is 0 Å². The van der Waals surface area contributed by atoms with Crippen LogP contribution < -0.4 is 5.32 Å². The lowest BCUT2D eigenvalue weighted by molar-refractivity contribution is 0.103. The maximum atomic E-state index is 9.09. The Kier molecular flexibility index (Phi) is 4.12. The predicted molar refractivity (Wildman–Crippen MR) is 62.6 cm³/mol. The molecule has 3 nitrogen and oxygen atoms in total. The number of nitriles is 1. The summed E-state index contributed by atoms with van der Waals surface area (Å²) in [6.07, 6.45) is 4.89. The van der Waals surface area contributed by atoms with Crippen molar-refractivity contribution in [3.63, 3.8) is 0 Å². The van der Waals surface area contributed by atoms with Gasteiger partial charge in [0.05, 0.1) is 6.07 Å². The second-order valence-electron chi connectivity index (χ2n) is 5.00. The lowest BCUT2D eigenvalue weighted by Crippen LogP contribution is -2.48. The molecule has 1 N–H and O–H groups in total. The first-order chi connectivity index (χ1) is 7.02. The standard InChI is InChI=1S/C12H23N3/c1-10(8-12(2,9-13)14-3)15(4)11-6-5-7-11/h10-11,14H,5-8H2,1-4H3. The Morgan fingerprint density at radius 3 is 2.53 bits per heavy atom. The molecule has 0 heterocycles. The zero-order chi connectivity index (χ0) is 11.5. The molecule has 2 atom stereocenters. The molecule has 86 valence electrons. The molecule has 1 fully saturated rings. The van der Waals surface area contributed by atoms with Gasteiger partial charge in [-0.3, -0.25) is 0 Å². The summed E-state index contributed by atoms with van der Waals surface area (Å²) in [7, 11) is 4.04. The van der Waals surface area contributed by atoms with Crippen molar-refractivity contribution < 1.29 is 0 Å². The van der Waals surface area contributed by atoms with E-state index in [0.29, 0.717) is 6.04 Å². The van der Waals surface area contributed by atoms with E-state index >= 15 is 0 Å². The van der Waals surface area contributed by atoms with Crippen LogP contribution in [0, 0.1) is 11.3 Å². The van der Waals surface area contributed by atoms with Gasteiger partial charge in [-0.15, -0.1) is 0 Å². The van der Waals surface area contributed by atoms with Crippen molar-refractivity contribution >= 4 is 0 Å². The average Bonchev–Trinajstić information content (AvgIpc) is 2.14. The normalized spacial score (nSPS) is 22.9. The summed E-state index contributed by atoms with van der Waals surface area (Å²) < 4.78 is 0. The molecular formula is C12H23N3. The van der Waals surface area contributed by atoms with Crippen molar-refractivity contribution in [1.29, 1.82) is 5.26 Å². The van der Waals surface area contributed by atoms with Gasteiger partial charge >= 0.3 is 0 Å². The first kappa shape index (κ1) is 12.5. The third-order valence-corrected chi connectivity index (χ3v) is 3.85. The van der Waals surface area contributed by atoms with Gasteiger partial charge in [0.1, 0.15) is 5.54 Å². The monoisotopic (exact) mass is 209 g/mol. The van der Waals surface area contributed by atoms with Crippen LogP contribution in [0.25, 0.3) is 0 Å². The molecule has 0 radical (unpaired) electrons. The molecule has 1 aliphatic rings. The van der Waals surface area contributed by atoms with Crippen LogP contribution in [0.5, 0.6) is 0 Å². The molecule has 0 amide bonds. The zero-order valence-corrected chi connectivity index (χ0v) is 10.4. The van der Waals surface area contributed by atoms with E-state index < -0.39 is 5.54 Å². The van der Waals surface area contributed by atoms with Crippen LogP contribution in [-0.2, 0) is 0 Å². The molecule has 0 aromatic carbocycles. The molecule has 1 aliphatic carbocycles.